The molecule has 1 aromatic heterocycles. The molecule has 0 fully saturated rings. The molecule has 3 heteroatoms. The number of halogens is 1. The zero-order chi connectivity index (χ0) is 12.5. The van der Waals surface area contributed by atoms with Gasteiger partial charge in [0.25, 0.3) is 0 Å². The van der Waals surface area contributed by atoms with Gasteiger partial charge in [0.1, 0.15) is 0 Å². The Balaban J connectivity index is 2.03. The third kappa shape index (κ3) is 6.58. The van der Waals surface area contributed by atoms with Crippen LogP contribution in [0.2, 0.25) is 0 Å². The van der Waals surface area contributed by atoms with Gasteiger partial charge in [0.2, 0.25) is 0 Å². The molecular formula is C14H24BrNS. The van der Waals surface area contributed by atoms with Crippen LogP contribution in [0.4, 0.5) is 0 Å². The van der Waals surface area contributed by atoms with Crippen LogP contribution in [0.3, 0.4) is 0 Å². The molecule has 0 bridgehead atoms. The molecule has 1 aromatic rings. The number of hydrogen-bond acceptors (Lipinski definition) is 2. The highest BCUT2D eigenvalue weighted by Gasteiger charge is 2.07. The normalized spacial score (nSPS) is 12.9. The number of rotatable bonds is 9. The zero-order valence-electron chi connectivity index (χ0n) is 10.8. The minimum Gasteiger partial charge on any atom is -0.323 e. The Bertz CT molecular complexity index is 298. The van der Waals surface area contributed by atoms with Crippen LogP contribution in [-0.2, 0) is 0 Å². The number of hydrogen-bond donors (Lipinski definition) is 1. The van der Waals surface area contributed by atoms with E-state index in [1.165, 1.54) is 53.6 Å². The third-order valence-corrected chi connectivity index (χ3v) is 4.83. The highest BCUT2D eigenvalue weighted by Crippen LogP contribution is 2.28. The van der Waals surface area contributed by atoms with Crippen molar-refractivity contribution in [3.63, 3.8) is 0 Å². The molecule has 0 aliphatic carbocycles. The van der Waals surface area contributed by atoms with Gasteiger partial charge in [-0.3, -0.25) is 0 Å². The van der Waals surface area contributed by atoms with Crippen LogP contribution >= 0.6 is 27.3 Å². The lowest BCUT2D eigenvalue weighted by atomic mass is 10.0. The topological polar surface area (TPSA) is 26.0 Å². The average Bonchev–Trinajstić information content (AvgIpc) is 2.74. The predicted octanol–water partition coefficient (Wildman–Crippen LogP) is 5.65. The van der Waals surface area contributed by atoms with Crippen molar-refractivity contribution in [3.05, 3.63) is 20.8 Å². The maximum Gasteiger partial charge on any atom is 0.0701 e. The fourth-order valence-corrected chi connectivity index (χ4v) is 3.45. The van der Waals surface area contributed by atoms with E-state index in [1.807, 2.05) is 0 Å². The fourth-order valence-electron chi connectivity index (χ4n) is 1.99. The Hall–Kier alpha value is 0.140. The predicted molar refractivity (Wildman–Crippen MR) is 81.6 cm³/mol. The lowest BCUT2D eigenvalue weighted by Crippen LogP contribution is -2.07. The molecular weight excluding hydrogens is 294 g/mol. The van der Waals surface area contributed by atoms with Crippen molar-refractivity contribution in [2.24, 2.45) is 5.73 Å². The summed E-state index contributed by atoms with van der Waals surface area (Å²) in [6, 6.07) is 4.47. The van der Waals surface area contributed by atoms with Gasteiger partial charge < -0.3 is 5.73 Å². The Kier molecular flexibility index (Phi) is 8.15. The van der Waals surface area contributed by atoms with Crippen LogP contribution < -0.4 is 5.73 Å². The summed E-state index contributed by atoms with van der Waals surface area (Å²) in [7, 11) is 0. The van der Waals surface area contributed by atoms with Gasteiger partial charge in [0, 0.05) is 10.9 Å². The van der Waals surface area contributed by atoms with E-state index in [9.17, 15) is 0 Å². The van der Waals surface area contributed by atoms with Gasteiger partial charge in [-0.15, -0.1) is 11.3 Å². The SMILES string of the molecule is CCCCCCCCCC(N)c1ccc(Br)s1. The van der Waals surface area contributed by atoms with Crippen molar-refractivity contribution < 1.29 is 0 Å². The molecule has 1 heterocycles. The van der Waals surface area contributed by atoms with E-state index in [-0.39, 0.29) is 6.04 Å². The van der Waals surface area contributed by atoms with Crippen LogP contribution in [0, 0.1) is 0 Å². The molecule has 0 amide bonds. The van der Waals surface area contributed by atoms with Crippen LogP contribution in [0.5, 0.6) is 0 Å². The maximum atomic E-state index is 6.16. The van der Waals surface area contributed by atoms with Gasteiger partial charge in [0.05, 0.1) is 3.79 Å². The van der Waals surface area contributed by atoms with E-state index in [2.05, 4.69) is 35.0 Å². The number of unbranched alkanes of at least 4 members (excludes halogenated alkanes) is 6. The van der Waals surface area contributed by atoms with Crippen molar-refractivity contribution in [1.82, 2.24) is 0 Å². The Morgan fingerprint density at radius 2 is 1.76 bits per heavy atom. The first-order chi connectivity index (χ1) is 8.24. The second-order valence-electron chi connectivity index (χ2n) is 4.66. The first kappa shape index (κ1) is 15.2. The first-order valence-corrected chi connectivity index (χ1v) is 8.35. The quantitative estimate of drug-likeness (QED) is 0.585. The summed E-state index contributed by atoms with van der Waals surface area (Å²) < 4.78 is 1.18. The van der Waals surface area contributed by atoms with E-state index < -0.39 is 0 Å². The lowest BCUT2D eigenvalue weighted by Gasteiger charge is -2.08. The molecule has 0 aliphatic heterocycles. The molecule has 1 rings (SSSR count). The number of nitrogens with two attached hydrogens (primary N) is 1. The molecule has 0 spiro atoms. The minimum absolute atomic E-state index is 0.238. The molecule has 0 radical (unpaired) electrons. The first-order valence-electron chi connectivity index (χ1n) is 6.75. The van der Waals surface area contributed by atoms with Crippen molar-refractivity contribution in [2.45, 2.75) is 64.3 Å². The molecule has 0 aliphatic rings. The monoisotopic (exact) mass is 317 g/mol. The van der Waals surface area contributed by atoms with Gasteiger partial charge in [0.15, 0.2) is 0 Å². The molecule has 0 aromatic carbocycles. The van der Waals surface area contributed by atoms with Crippen molar-refractivity contribution >= 4 is 27.3 Å². The van der Waals surface area contributed by atoms with Crippen molar-refractivity contribution in [2.75, 3.05) is 0 Å². The molecule has 17 heavy (non-hydrogen) atoms. The van der Waals surface area contributed by atoms with Crippen LogP contribution in [0.1, 0.15) is 69.2 Å². The summed E-state index contributed by atoms with van der Waals surface area (Å²) in [4.78, 5) is 1.31. The van der Waals surface area contributed by atoms with Gasteiger partial charge in [-0.25, -0.2) is 0 Å². The summed E-state index contributed by atoms with van der Waals surface area (Å²) in [5, 5.41) is 0. The second kappa shape index (κ2) is 9.12. The summed E-state index contributed by atoms with van der Waals surface area (Å²) >= 11 is 5.24. The van der Waals surface area contributed by atoms with E-state index in [0.29, 0.717) is 0 Å². The lowest BCUT2D eigenvalue weighted by molar-refractivity contribution is 0.544. The second-order valence-corrected chi connectivity index (χ2v) is 7.15. The van der Waals surface area contributed by atoms with E-state index >= 15 is 0 Å². The Morgan fingerprint density at radius 3 is 2.35 bits per heavy atom. The minimum atomic E-state index is 0.238. The maximum absolute atomic E-state index is 6.16. The van der Waals surface area contributed by atoms with Crippen molar-refractivity contribution in [3.8, 4) is 0 Å². The summed E-state index contributed by atoms with van der Waals surface area (Å²) in [6.45, 7) is 2.26. The molecule has 2 N–H and O–H groups in total. The van der Waals surface area contributed by atoms with Gasteiger partial charge >= 0.3 is 0 Å². The van der Waals surface area contributed by atoms with Crippen molar-refractivity contribution in [1.29, 1.82) is 0 Å². The van der Waals surface area contributed by atoms with Crippen LogP contribution in [0.25, 0.3) is 0 Å². The molecule has 0 saturated carbocycles. The molecule has 1 nitrogen and oxygen atoms in total. The molecule has 1 atom stereocenters. The number of thiophene rings is 1. The summed E-state index contributed by atoms with van der Waals surface area (Å²) in [6.07, 6.45) is 10.6. The standard InChI is InChI=1S/C14H24BrNS/c1-2-3-4-5-6-7-8-9-12(16)13-10-11-14(15)17-13/h10-12H,2-9,16H2,1H3. The Morgan fingerprint density at radius 1 is 1.12 bits per heavy atom. The highest BCUT2D eigenvalue weighted by molar-refractivity contribution is 9.11. The van der Waals surface area contributed by atoms with Gasteiger partial charge in [-0.1, -0.05) is 51.9 Å². The molecule has 98 valence electrons. The average molecular weight is 318 g/mol. The summed E-state index contributed by atoms with van der Waals surface area (Å²) in [5.41, 5.74) is 6.16. The van der Waals surface area contributed by atoms with Crippen LogP contribution in [0.15, 0.2) is 15.9 Å². The fraction of sp³-hybridized carbons (Fsp3) is 0.714. The Labute approximate surface area is 118 Å². The van der Waals surface area contributed by atoms with E-state index in [4.69, 9.17) is 5.73 Å². The van der Waals surface area contributed by atoms with Gasteiger partial charge in [-0.05, 0) is 34.5 Å². The zero-order valence-corrected chi connectivity index (χ0v) is 13.2. The highest BCUT2D eigenvalue weighted by atomic mass is 79.9. The molecule has 0 saturated heterocycles. The van der Waals surface area contributed by atoms with Crippen LogP contribution in [-0.4, -0.2) is 0 Å². The largest absolute Gasteiger partial charge is 0.323 e. The van der Waals surface area contributed by atoms with E-state index in [0.717, 1.165) is 6.42 Å². The molecule has 1 unspecified atom stereocenters. The summed E-state index contributed by atoms with van der Waals surface area (Å²) in [5.74, 6) is 0. The smallest absolute Gasteiger partial charge is 0.0701 e. The van der Waals surface area contributed by atoms with Gasteiger partial charge in [-0.2, -0.15) is 0 Å². The van der Waals surface area contributed by atoms with E-state index in [1.54, 1.807) is 11.3 Å². The third-order valence-electron chi connectivity index (χ3n) is 3.08.